The maximum Gasteiger partial charge on any atom is 0.184 e. The van der Waals surface area contributed by atoms with Gasteiger partial charge in [0.15, 0.2) is 5.11 Å². The number of thiocarbonyl (C=S) groups is 1. The molecule has 1 aromatic carbocycles. The first-order chi connectivity index (χ1) is 8.18. The number of hydrogen-bond acceptors (Lipinski definition) is 3. The van der Waals surface area contributed by atoms with E-state index in [0.717, 1.165) is 24.3 Å². The lowest BCUT2D eigenvalue weighted by atomic mass is 10.0. The fourth-order valence-corrected chi connectivity index (χ4v) is 3.03. The highest BCUT2D eigenvalue weighted by atomic mass is 32.2. The molecule has 1 aliphatic rings. The van der Waals surface area contributed by atoms with Crippen LogP contribution in [-0.4, -0.2) is 16.6 Å². The molecule has 90 valence electrons. The van der Waals surface area contributed by atoms with Gasteiger partial charge < -0.3 is 5.73 Å². The monoisotopic (exact) mass is 265 g/mol. The van der Waals surface area contributed by atoms with Crippen molar-refractivity contribution in [2.45, 2.75) is 24.7 Å². The van der Waals surface area contributed by atoms with Gasteiger partial charge in [-0.2, -0.15) is 5.10 Å². The van der Waals surface area contributed by atoms with Crippen LogP contribution >= 0.6 is 24.0 Å². The van der Waals surface area contributed by atoms with E-state index in [1.807, 2.05) is 11.8 Å². The van der Waals surface area contributed by atoms with Crippen molar-refractivity contribution in [2.75, 3.05) is 5.75 Å². The lowest BCUT2D eigenvalue weighted by Crippen LogP contribution is -2.25. The van der Waals surface area contributed by atoms with Crippen LogP contribution in [0.4, 0.5) is 0 Å². The number of nitrogens with one attached hydrogen (secondary N) is 1. The Morgan fingerprint density at radius 1 is 1.53 bits per heavy atom. The van der Waals surface area contributed by atoms with E-state index in [1.165, 1.54) is 16.0 Å². The van der Waals surface area contributed by atoms with Gasteiger partial charge in [-0.1, -0.05) is 18.2 Å². The minimum absolute atomic E-state index is 0.212. The molecular weight excluding hydrogens is 250 g/mol. The van der Waals surface area contributed by atoms with Crippen LogP contribution in [0, 0.1) is 6.92 Å². The number of nitrogens with two attached hydrogens (primary N) is 1. The van der Waals surface area contributed by atoms with Gasteiger partial charge in [-0.3, -0.25) is 5.43 Å². The Kier molecular flexibility index (Phi) is 4.02. The van der Waals surface area contributed by atoms with E-state index in [0.29, 0.717) is 0 Å². The average Bonchev–Trinajstić information content (AvgIpc) is 2.50. The maximum absolute atomic E-state index is 5.41. The molecule has 2 rings (SSSR count). The van der Waals surface area contributed by atoms with Crippen LogP contribution in [0.3, 0.4) is 0 Å². The zero-order valence-corrected chi connectivity index (χ0v) is 11.3. The summed E-state index contributed by atoms with van der Waals surface area (Å²) in [7, 11) is 0. The summed E-state index contributed by atoms with van der Waals surface area (Å²) in [6.07, 6.45) is 2.08. The zero-order chi connectivity index (χ0) is 12.3. The first-order valence-corrected chi connectivity index (χ1v) is 6.92. The van der Waals surface area contributed by atoms with E-state index in [9.17, 15) is 0 Å². The summed E-state index contributed by atoms with van der Waals surface area (Å²) in [4.78, 5) is 1.33. The van der Waals surface area contributed by atoms with Gasteiger partial charge >= 0.3 is 0 Å². The van der Waals surface area contributed by atoms with Crippen LogP contribution in [-0.2, 0) is 0 Å². The lowest BCUT2D eigenvalue weighted by Gasteiger charge is -2.09. The number of benzene rings is 1. The Hall–Kier alpha value is -1.07. The minimum Gasteiger partial charge on any atom is -0.375 e. The largest absolute Gasteiger partial charge is 0.375 e. The summed E-state index contributed by atoms with van der Waals surface area (Å²) in [5.74, 6) is 1.13. The number of nitrogens with zero attached hydrogens (tertiary/aromatic N) is 1. The van der Waals surface area contributed by atoms with Crippen molar-refractivity contribution < 1.29 is 0 Å². The van der Waals surface area contributed by atoms with Crippen molar-refractivity contribution in [3.8, 4) is 0 Å². The van der Waals surface area contributed by atoms with Crippen molar-refractivity contribution in [2.24, 2.45) is 10.8 Å². The van der Waals surface area contributed by atoms with Gasteiger partial charge in [0.05, 0.1) is 5.71 Å². The van der Waals surface area contributed by atoms with Crippen LogP contribution in [0.1, 0.15) is 24.0 Å². The molecule has 0 amide bonds. The van der Waals surface area contributed by atoms with Crippen molar-refractivity contribution in [3.05, 3.63) is 29.3 Å². The van der Waals surface area contributed by atoms with Crippen molar-refractivity contribution in [3.63, 3.8) is 0 Å². The van der Waals surface area contributed by atoms with Gasteiger partial charge in [-0.05, 0) is 43.3 Å². The number of hydrazone groups is 1. The third kappa shape index (κ3) is 2.98. The summed E-state index contributed by atoms with van der Waals surface area (Å²) < 4.78 is 0. The molecule has 0 bridgehead atoms. The molecule has 0 unspecified atom stereocenters. The van der Waals surface area contributed by atoms with Gasteiger partial charge in [0.1, 0.15) is 0 Å². The zero-order valence-electron chi connectivity index (χ0n) is 9.69. The van der Waals surface area contributed by atoms with Gasteiger partial charge in [-0.25, -0.2) is 0 Å². The first kappa shape index (κ1) is 12.4. The third-order valence-electron chi connectivity index (χ3n) is 2.63. The molecule has 0 saturated carbocycles. The normalized spacial score (nSPS) is 17.4. The SMILES string of the molecule is Cc1cccc2c1SCCCC2=NNC(N)=S. The highest BCUT2D eigenvalue weighted by Crippen LogP contribution is 2.31. The summed E-state index contributed by atoms with van der Waals surface area (Å²) in [6, 6.07) is 6.31. The summed E-state index contributed by atoms with van der Waals surface area (Å²) in [6.45, 7) is 2.13. The molecule has 0 fully saturated rings. The second kappa shape index (κ2) is 5.51. The van der Waals surface area contributed by atoms with E-state index in [2.05, 4.69) is 35.7 Å². The molecule has 1 heterocycles. The smallest absolute Gasteiger partial charge is 0.184 e. The molecular formula is C12H15N3S2. The Morgan fingerprint density at radius 3 is 3.12 bits per heavy atom. The minimum atomic E-state index is 0.212. The number of fused-ring (bicyclic) bond motifs is 1. The molecule has 1 aromatic rings. The van der Waals surface area contributed by atoms with Gasteiger partial charge in [0.25, 0.3) is 0 Å². The number of thioether (sulfide) groups is 1. The summed E-state index contributed by atoms with van der Waals surface area (Å²) in [5, 5.41) is 4.52. The predicted molar refractivity (Wildman–Crippen MR) is 77.6 cm³/mol. The molecule has 0 saturated heterocycles. The van der Waals surface area contributed by atoms with Gasteiger partial charge in [0, 0.05) is 10.5 Å². The Labute approximate surface area is 111 Å². The standard InChI is InChI=1S/C12H15N3S2/c1-8-4-2-5-9-10(14-15-12(13)16)6-3-7-17-11(8)9/h2,4-5H,3,6-7H2,1H3,(H3,13,15,16). The van der Waals surface area contributed by atoms with Gasteiger partial charge in [-0.15, -0.1) is 11.8 Å². The lowest BCUT2D eigenvalue weighted by molar-refractivity contribution is 0.963. The van der Waals surface area contributed by atoms with Crippen LogP contribution in [0.15, 0.2) is 28.2 Å². The molecule has 17 heavy (non-hydrogen) atoms. The third-order valence-corrected chi connectivity index (χ3v) is 4.04. The van der Waals surface area contributed by atoms with Crippen LogP contribution in [0.25, 0.3) is 0 Å². The van der Waals surface area contributed by atoms with E-state index in [4.69, 9.17) is 18.0 Å². The molecule has 3 nitrogen and oxygen atoms in total. The fourth-order valence-electron chi connectivity index (χ4n) is 1.86. The van der Waals surface area contributed by atoms with E-state index in [-0.39, 0.29) is 5.11 Å². The second-order valence-corrected chi connectivity index (χ2v) is 5.48. The summed E-state index contributed by atoms with van der Waals surface area (Å²) >= 11 is 6.68. The molecule has 3 N–H and O–H groups in total. The highest BCUT2D eigenvalue weighted by molar-refractivity contribution is 7.99. The Balaban J connectivity index is 2.40. The van der Waals surface area contributed by atoms with Crippen molar-refractivity contribution >= 4 is 34.8 Å². The molecule has 0 radical (unpaired) electrons. The van der Waals surface area contributed by atoms with Crippen LogP contribution in [0.5, 0.6) is 0 Å². The summed E-state index contributed by atoms with van der Waals surface area (Å²) in [5.41, 5.74) is 11.6. The predicted octanol–water partition coefficient (Wildman–Crippen LogP) is 2.42. The fraction of sp³-hybridized carbons (Fsp3) is 0.333. The van der Waals surface area contributed by atoms with Crippen molar-refractivity contribution in [1.82, 2.24) is 5.43 Å². The number of aryl methyl sites for hydroxylation is 1. The topological polar surface area (TPSA) is 50.4 Å². The molecule has 0 spiro atoms. The Bertz CT molecular complexity index is 469. The molecule has 1 aliphatic heterocycles. The van der Waals surface area contributed by atoms with E-state index in [1.54, 1.807) is 0 Å². The van der Waals surface area contributed by atoms with Crippen LogP contribution < -0.4 is 11.2 Å². The Morgan fingerprint density at radius 2 is 2.35 bits per heavy atom. The van der Waals surface area contributed by atoms with Crippen LogP contribution in [0.2, 0.25) is 0 Å². The van der Waals surface area contributed by atoms with E-state index >= 15 is 0 Å². The van der Waals surface area contributed by atoms with E-state index < -0.39 is 0 Å². The molecule has 5 heteroatoms. The first-order valence-electron chi connectivity index (χ1n) is 5.53. The quantitative estimate of drug-likeness (QED) is 0.605. The maximum atomic E-state index is 5.41. The average molecular weight is 265 g/mol. The molecule has 0 atom stereocenters. The number of rotatable bonds is 1. The number of hydrogen-bond donors (Lipinski definition) is 2. The second-order valence-electron chi connectivity index (χ2n) is 3.94. The van der Waals surface area contributed by atoms with Crippen molar-refractivity contribution in [1.29, 1.82) is 0 Å². The highest BCUT2D eigenvalue weighted by Gasteiger charge is 2.15. The molecule has 0 aliphatic carbocycles. The van der Waals surface area contributed by atoms with Gasteiger partial charge in [0.2, 0.25) is 0 Å². The molecule has 0 aromatic heterocycles.